The molecule has 36 heavy (non-hydrogen) atoms. The van der Waals surface area contributed by atoms with Crippen LogP contribution >= 0.6 is 7.75 Å². The minimum atomic E-state index is -4.12. The van der Waals surface area contributed by atoms with Gasteiger partial charge in [0.2, 0.25) is 5.95 Å². The van der Waals surface area contributed by atoms with Gasteiger partial charge in [0.25, 0.3) is 5.56 Å². The van der Waals surface area contributed by atoms with Crippen molar-refractivity contribution in [3.8, 4) is 18.1 Å². The van der Waals surface area contributed by atoms with Crippen molar-refractivity contribution in [1.82, 2.24) is 24.6 Å². The summed E-state index contributed by atoms with van der Waals surface area (Å²) in [5.41, 5.74) is 5.44. The summed E-state index contributed by atoms with van der Waals surface area (Å²) < 4.78 is 42.4. The molecule has 0 bridgehead atoms. The zero-order valence-corrected chi connectivity index (χ0v) is 19.9. The number of aromatic amines is 1. The van der Waals surface area contributed by atoms with Crippen LogP contribution in [-0.4, -0.2) is 57.6 Å². The van der Waals surface area contributed by atoms with Gasteiger partial charge in [0.1, 0.15) is 18.4 Å². The number of esters is 1. The summed E-state index contributed by atoms with van der Waals surface area (Å²) in [6, 6.07) is 7.18. The summed E-state index contributed by atoms with van der Waals surface area (Å²) in [6.45, 7) is 0.908. The Labute approximate surface area is 204 Å². The molecule has 1 aliphatic rings. The molecule has 3 heterocycles. The zero-order chi connectivity index (χ0) is 25.7. The Morgan fingerprint density at radius 3 is 2.97 bits per heavy atom. The summed E-state index contributed by atoms with van der Waals surface area (Å²) >= 11 is 0. The SMILES string of the molecule is C#CCOC(=O)[C@H](C)N[P@](=O)(OC[C@@H]1OC[C@H](n2cnc3c(=O)[nH]c(N)nc32)O1)Oc1ccccc1. The molecule has 1 aliphatic heterocycles. The molecule has 4 rings (SSSR count). The smallest absolute Gasteiger partial charge is 0.451 e. The highest BCUT2D eigenvalue weighted by atomic mass is 31.2. The number of hydrogen-bond donors (Lipinski definition) is 3. The molecule has 4 atom stereocenters. The van der Waals surface area contributed by atoms with Crippen molar-refractivity contribution in [2.75, 3.05) is 25.6 Å². The Morgan fingerprint density at radius 2 is 2.22 bits per heavy atom. The first-order chi connectivity index (χ1) is 17.3. The Balaban J connectivity index is 1.44. The van der Waals surface area contributed by atoms with Crippen LogP contribution in [0.15, 0.2) is 41.5 Å². The number of anilines is 1. The molecule has 15 heteroatoms. The molecule has 1 fully saturated rings. The number of fused-ring (bicyclic) bond motifs is 1. The molecule has 1 aromatic carbocycles. The van der Waals surface area contributed by atoms with E-state index in [2.05, 4.69) is 26.0 Å². The standard InChI is InChI=1S/C21H23N6O8P/c1-3-9-31-20(29)13(2)26-36(30,35-14-7-5-4-6-8-14)33-11-16-32-10-15(34-16)27-12-23-17-18(27)24-21(22)25-19(17)28/h1,4-8,12-13,15-16H,9-11H2,2H3,(H,26,30)(H3,22,24,25,28)/t13-,15+,16+,36-/m0/s1. The average molecular weight is 518 g/mol. The number of terminal acetylenes is 1. The van der Waals surface area contributed by atoms with Crippen LogP contribution in [0.4, 0.5) is 5.95 Å². The molecular formula is C21H23N6O8P. The molecule has 2 aromatic heterocycles. The second-order valence-corrected chi connectivity index (χ2v) is 9.18. The molecule has 0 saturated carbocycles. The summed E-state index contributed by atoms with van der Waals surface area (Å²) in [5, 5.41) is 2.53. The monoisotopic (exact) mass is 518 g/mol. The van der Waals surface area contributed by atoms with Crippen LogP contribution in [0, 0.1) is 12.3 Å². The lowest BCUT2D eigenvalue weighted by molar-refractivity contribution is -0.143. The largest absolute Gasteiger partial charge is 0.459 e. The maximum Gasteiger partial charge on any atom is 0.459 e. The number of carbonyl (C=O) groups excluding carboxylic acids is 1. The van der Waals surface area contributed by atoms with E-state index in [1.54, 1.807) is 30.3 Å². The van der Waals surface area contributed by atoms with E-state index in [0.717, 1.165) is 0 Å². The Kier molecular flexibility index (Phi) is 7.68. The summed E-state index contributed by atoms with van der Waals surface area (Å²) in [7, 11) is -4.12. The van der Waals surface area contributed by atoms with Gasteiger partial charge in [0.05, 0.1) is 12.9 Å². The quantitative estimate of drug-likeness (QED) is 0.196. The topological polar surface area (TPSA) is 182 Å². The van der Waals surface area contributed by atoms with Gasteiger partial charge < -0.3 is 24.5 Å². The number of nitrogens with zero attached hydrogens (tertiary/aromatic N) is 3. The van der Waals surface area contributed by atoms with E-state index in [1.807, 2.05) is 0 Å². The van der Waals surface area contributed by atoms with Gasteiger partial charge in [-0.25, -0.2) is 9.55 Å². The van der Waals surface area contributed by atoms with Crippen LogP contribution in [-0.2, 0) is 28.1 Å². The van der Waals surface area contributed by atoms with Crippen LogP contribution < -0.4 is 20.9 Å². The first-order valence-corrected chi connectivity index (χ1v) is 12.2. The number of rotatable bonds is 10. The first-order valence-electron chi connectivity index (χ1n) is 10.6. The maximum atomic E-state index is 13.5. The van der Waals surface area contributed by atoms with E-state index >= 15 is 0 Å². The summed E-state index contributed by atoms with van der Waals surface area (Å²) in [6.07, 6.45) is 4.80. The number of nitrogen functional groups attached to an aromatic ring is 1. The molecule has 1 saturated heterocycles. The molecular weight excluding hydrogens is 495 g/mol. The predicted molar refractivity (Wildman–Crippen MR) is 125 cm³/mol. The highest BCUT2D eigenvalue weighted by Crippen LogP contribution is 2.45. The van der Waals surface area contributed by atoms with Gasteiger partial charge in [-0.3, -0.25) is 23.7 Å². The zero-order valence-electron chi connectivity index (χ0n) is 19.0. The van der Waals surface area contributed by atoms with Gasteiger partial charge in [-0.2, -0.15) is 10.1 Å². The Bertz CT molecular complexity index is 1370. The fourth-order valence-corrected chi connectivity index (χ4v) is 4.70. The van der Waals surface area contributed by atoms with Crippen molar-refractivity contribution in [3.63, 3.8) is 0 Å². The van der Waals surface area contributed by atoms with Crippen molar-refractivity contribution in [2.24, 2.45) is 0 Å². The number of carbonyl (C=O) groups is 1. The molecule has 0 spiro atoms. The fraction of sp³-hybridized carbons (Fsp3) is 0.333. The number of H-pyrrole nitrogens is 1. The van der Waals surface area contributed by atoms with E-state index in [4.69, 9.17) is 35.4 Å². The molecule has 14 nitrogen and oxygen atoms in total. The number of benzene rings is 1. The minimum Gasteiger partial charge on any atom is -0.451 e. The third-order valence-electron chi connectivity index (χ3n) is 4.85. The number of para-hydroxylation sites is 1. The predicted octanol–water partition coefficient (Wildman–Crippen LogP) is 0.931. The Morgan fingerprint density at radius 1 is 1.44 bits per heavy atom. The number of imidazole rings is 1. The Hall–Kier alpha value is -3.73. The van der Waals surface area contributed by atoms with Gasteiger partial charge in [0, 0.05) is 0 Å². The van der Waals surface area contributed by atoms with Crippen molar-refractivity contribution in [3.05, 3.63) is 47.0 Å². The lowest BCUT2D eigenvalue weighted by Crippen LogP contribution is -2.35. The van der Waals surface area contributed by atoms with Gasteiger partial charge in [-0.1, -0.05) is 24.1 Å². The first kappa shape index (κ1) is 25.4. The molecule has 190 valence electrons. The van der Waals surface area contributed by atoms with Crippen molar-refractivity contribution >= 4 is 30.8 Å². The number of ether oxygens (including phenoxy) is 3. The molecule has 0 amide bonds. The van der Waals surface area contributed by atoms with Crippen LogP contribution in [0.1, 0.15) is 13.2 Å². The van der Waals surface area contributed by atoms with Crippen LogP contribution in [0.5, 0.6) is 5.75 Å². The average Bonchev–Trinajstić information content (AvgIpc) is 3.49. The summed E-state index contributed by atoms with van der Waals surface area (Å²) in [5.74, 6) is 1.60. The van der Waals surface area contributed by atoms with E-state index in [1.165, 1.54) is 17.8 Å². The fourth-order valence-electron chi connectivity index (χ4n) is 3.23. The molecule has 0 radical (unpaired) electrons. The van der Waals surface area contributed by atoms with Gasteiger partial charge in [0.15, 0.2) is 30.3 Å². The van der Waals surface area contributed by atoms with Crippen LogP contribution in [0.25, 0.3) is 11.2 Å². The third-order valence-corrected chi connectivity index (χ3v) is 6.49. The molecule has 4 N–H and O–H groups in total. The van der Waals surface area contributed by atoms with E-state index in [-0.39, 0.29) is 42.7 Å². The minimum absolute atomic E-state index is 0.0555. The lowest BCUT2D eigenvalue weighted by atomic mass is 10.3. The molecule has 3 aromatic rings. The highest BCUT2D eigenvalue weighted by molar-refractivity contribution is 7.52. The second-order valence-electron chi connectivity index (χ2n) is 7.49. The maximum absolute atomic E-state index is 13.5. The number of nitrogens with one attached hydrogen (secondary N) is 2. The van der Waals surface area contributed by atoms with Crippen molar-refractivity contribution < 1.29 is 32.6 Å². The van der Waals surface area contributed by atoms with Crippen molar-refractivity contribution in [1.29, 1.82) is 0 Å². The second kappa shape index (κ2) is 10.9. The third kappa shape index (κ3) is 5.91. The van der Waals surface area contributed by atoms with Gasteiger partial charge >= 0.3 is 13.7 Å². The van der Waals surface area contributed by atoms with E-state index in [0.29, 0.717) is 0 Å². The van der Waals surface area contributed by atoms with Crippen LogP contribution in [0.3, 0.4) is 0 Å². The number of aromatic nitrogens is 4. The van der Waals surface area contributed by atoms with Crippen LogP contribution in [0.2, 0.25) is 0 Å². The number of nitrogens with two attached hydrogens (primary N) is 1. The molecule has 0 aliphatic carbocycles. The van der Waals surface area contributed by atoms with Gasteiger partial charge in [-0.15, -0.1) is 6.42 Å². The van der Waals surface area contributed by atoms with Crippen molar-refractivity contribution in [2.45, 2.75) is 25.5 Å². The van der Waals surface area contributed by atoms with E-state index < -0.39 is 37.8 Å². The summed E-state index contributed by atoms with van der Waals surface area (Å²) in [4.78, 5) is 34.6. The normalized spacial score (nSPS) is 19.9. The molecule has 0 unspecified atom stereocenters. The highest BCUT2D eigenvalue weighted by Gasteiger charge is 2.36. The number of hydrogen-bond acceptors (Lipinski definition) is 11. The van der Waals surface area contributed by atoms with Gasteiger partial charge in [-0.05, 0) is 19.1 Å². The van der Waals surface area contributed by atoms with E-state index in [9.17, 15) is 14.2 Å². The lowest BCUT2D eigenvalue weighted by Gasteiger charge is -2.23.